The van der Waals surface area contributed by atoms with Crippen molar-refractivity contribution in [1.82, 2.24) is 4.98 Å². The van der Waals surface area contributed by atoms with Crippen molar-refractivity contribution in [3.8, 4) is 0 Å². The maximum Gasteiger partial charge on any atom is 0.333 e. The fourth-order valence-corrected chi connectivity index (χ4v) is 2.00. The lowest BCUT2D eigenvalue weighted by molar-refractivity contribution is -0.621. The molecule has 2 rings (SSSR count). The summed E-state index contributed by atoms with van der Waals surface area (Å²) in [5, 5.41) is 0. The van der Waals surface area contributed by atoms with Gasteiger partial charge in [-0.05, 0) is 22.1 Å². The molecule has 0 amide bonds. The number of nitrogens with zero attached hydrogens (tertiary/aromatic N) is 2. The van der Waals surface area contributed by atoms with Gasteiger partial charge in [0, 0.05) is 0 Å². The summed E-state index contributed by atoms with van der Waals surface area (Å²) in [4.78, 5) is 3.96. The van der Waals surface area contributed by atoms with Crippen LogP contribution in [-0.4, -0.2) is 4.98 Å². The monoisotopic (exact) mass is 211 g/mol. The molecule has 13 heavy (non-hydrogen) atoms. The molecule has 1 aromatic heterocycles. The Morgan fingerprint density at radius 1 is 1.31 bits per heavy atom. The summed E-state index contributed by atoms with van der Waals surface area (Å²) < 4.78 is 2.58. The SMILES string of the molecule is Clc1nc[n+](Cc2ccccc2)s1. The molecular weight excluding hydrogens is 204 g/mol. The third kappa shape index (κ3) is 2.26. The molecular formula is C9H8ClN2S+. The van der Waals surface area contributed by atoms with E-state index in [1.807, 2.05) is 22.2 Å². The van der Waals surface area contributed by atoms with Gasteiger partial charge >= 0.3 is 10.8 Å². The van der Waals surface area contributed by atoms with E-state index in [2.05, 4.69) is 17.1 Å². The van der Waals surface area contributed by atoms with Crippen LogP contribution in [0.4, 0.5) is 0 Å². The first-order valence-electron chi connectivity index (χ1n) is 3.90. The van der Waals surface area contributed by atoms with E-state index in [0.717, 1.165) is 6.54 Å². The maximum atomic E-state index is 5.71. The zero-order valence-electron chi connectivity index (χ0n) is 6.85. The van der Waals surface area contributed by atoms with E-state index in [1.165, 1.54) is 17.1 Å². The van der Waals surface area contributed by atoms with Crippen LogP contribution in [0, 0.1) is 0 Å². The molecule has 1 heterocycles. The van der Waals surface area contributed by atoms with Crippen molar-refractivity contribution in [2.45, 2.75) is 6.54 Å². The summed E-state index contributed by atoms with van der Waals surface area (Å²) >= 11 is 7.17. The molecule has 1 aromatic carbocycles. The van der Waals surface area contributed by atoms with E-state index in [4.69, 9.17) is 11.6 Å². The van der Waals surface area contributed by atoms with Crippen molar-refractivity contribution in [3.05, 3.63) is 46.7 Å². The van der Waals surface area contributed by atoms with E-state index in [9.17, 15) is 0 Å². The van der Waals surface area contributed by atoms with Gasteiger partial charge in [-0.2, -0.15) is 3.96 Å². The highest BCUT2D eigenvalue weighted by atomic mass is 35.5. The Morgan fingerprint density at radius 3 is 2.69 bits per heavy atom. The van der Waals surface area contributed by atoms with Gasteiger partial charge in [-0.15, -0.1) is 0 Å². The van der Waals surface area contributed by atoms with Crippen LogP contribution < -0.4 is 3.96 Å². The smallest absolute Gasteiger partial charge is 0.169 e. The minimum atomic E-state index is 0.580. The highest BCUT2D eigenvalue weighted by molar-refractivity contribution is 7.06. The van der Waals surface area contributed by atoms with Crippen LogP contribution in [0.5, 0.6) is 0 Å². The highest BCUT2D eigenvalue weighted by Gasteiger charge is 2.06. The van der Waals surface area contributed by atoms with Crippen LogP contribution in [0.2, 0.25) is 4.47 Å². The first-order valence-corrected chi connectivity index (χ1v) is 5.05. The van der Waals surface area contributed by atoms with Crippen LogP contribution in [0.3, 0.4) is 0 Å². The molecule has 0 radical (unpaired) electrons. The molecule has 0 N–H and O–H groups in total. The van der Waals surface area contributed by atoms with Gasteiger partial charge in [0.05, 0.1) is 0 Å². The van der Waals surface area contributed by atoms with Gasteiger partial charge in [-0.1, -0.05) is 30.3 Å². The second kappa shape index (κ2) is 3.85. The summed E-state index contributed by atoms with van der Waals surface area (Å²) in [7, 11) is 0. The summed E-state index contributed by atoms with van der Waals surface area (Å²) in [5.41, 5.74) is 1.26. The molecule has 66 valence electrons. The van der Waals surface area contributed by atoms with Crippen molar-refractivity contribution in [3.63, 3.8) is 0 Å². The Balaban J connectivity index is 2.15. The summed E-state index contributed by atoms with van der Waals surface area (Å²) in [6, 6.07) is 10.2. The van der Waals surface area contributed by atoms with Crippen LogP contribution in [0.1, 0.15) is 5.56 Å². The lowest BCUT2D eigenvalue weighted by Crippen LogP contribution is -2.28. The second-order valence-corrected chi connectivity index (χ2v) is 4.27. The van der Waals surface area contributed by atoms with Crippen LogP contribution >= 0.6 is 23.1 Å². The molecule has 0 saturated carbocycles. The van der Waals surface area contributed by atoms with Crippen LogP contribution in [0.25, 0.3) is 0 Å². The van der Waals surface area contributed by atoms with Gasteiger partial charge in [0.15, 0.2) is 0 Å². The number of halogens is 1. The fourth-order valence-electron chi connectivity index (χ4n) is 1.09. The number of aromatic nitrogens is 2. The third-order valence-electron chi connectivity index (χ3n) is 1.66. The summed E-state index contributed by atoms with van der Waals surface area (Å²) in [6.07, 6.45) is 1.75. The normalized spacial score (nSPS) is 10.2. The lowest BCUT2D eigenvalue weighted by Gasteiger charge is -1.93. The van der Waals surface area contributed by atoms with Crippen LogP contribution in [-0.2, 0) is 6.54 Å². The zero-order valence-corrected chi connectivity index (χ0v) is 8.42. The highest BCUT2D eigenvalue weighted by Crippen LogP contribution is 2.06. The number of hydrogen-bond acceptors (Lipinski definition) is 2. The average Bonchev–Trinajstić information content (AvgIpc) is 2.53. The van der Waals surface area contributed by atoms with Crippen molar-refractivity contribution in [1.29, 1.82) is 0 Å². The molecule has 2 nitrogen and oxygen atoms in total. The molecule has 4 heteroatoms. The molecule has 0 aliphatic carbocycles. The van der Waals surface area contributed by atoms with E-state index in [0.29, 0.717) is 4.47 Å². The van der Waals surface area contributed by atoms with Crippen molar-refractivity contribution < 1.29 is 3.96 Å². The predicted molar refractivity (Wildman–Crippen MR) is 52.9 cm³/mol. The fraction of sp³-hybridized carbons (Fsp3) is 0.111. The predicted octanol–water partition coefficient (Wildman–Crippen LogP) is 2.13. The second-order valence-electron chi connectivity index (χ2n) is 2.65. The molecule has 0 atom stereocenters. The molecule has 0 unspecified atom stereocenters. The molecule has 0 bridgehead atoms. The molecule has 0 aliphatic rings. The van der Waals surface area contributed by atoms with Gasteiger partial charge in [0.2, 0.25) is 0 Å². The van der Waals surface area contributed by atoms with E-state index >= 15 is 0 Å². The number of benzene rings is 1. The molecule has 0 fully saturated rings. The largest absolute Gasteiger partial charge is 0.333 e. The van der Waals surface area contributed by atoms with Crippen molar-refractivity contribution >= 4 is 23.1 Å². The Morgan fingerprint density at radius 2 is 2.08 bits per heavy atom. The Kier molecular flexibility index (Phi) is 2.57. The first-order chi connectivity index (χ1) is 6.34. The molecule has 0 spiro atoms. The van der Waals surface area contributed by atoms with Gasteiger partial charge in [-0.3, -0.25) is 0 Å². The first kappa shape index (κ1) is 8.66. The van der Waals surface area contributed by atoms with Gasteiger partial charge in [0.25, 0.3) is 0 Å². The summed E-state index contributed by atoms with van der Waals surface area (Å²) in [5.74, 6) is 0. The summed E-state index contributed by atoms with van der Waals surface area (Å²) in [6.45, 7) is 0.839. The number of rotatable bonds is 2. The Bertz CT molecular complexity index is 386. The lowest BCUT2D eigenvalue weighted by atomic mass is 10.2. The van der Waals surface area contributed by atoms with Crippen molar-refractivity contribution in [2.24, 2.45) is 0 Å². The Labute approximate surface area is 85.6 Å². The molecule has 2 aromatic rings. The third-order valence-corrected chi connectivity index (χ3v) is 2.68. The minimum absolute atomic E-state index is 0.580. The van der Waals surface area contributed by atoms with Crippen molar-refractivity contribution in [2.75, 3.05) is 0 Å². The van der Waals surface area contributed by atoms with Gasteiger partial charge in [0.1, 0.15) is 18.1 Å². The maximum absolute atomic E-state index is 5.71. The molecule has 0 aliphatic heterocycles. The zero-order chi connectivity index (χ0) is 9.10. The van der Waals surface area contributed by atoms with Crippen LogP contribution in [0.15, 0.2) is 36.7 Å². The number of hydrogen-bond donors (Lipinski definition) is 0. The van der Waals surface area contributed by atoms with E-state index in [-0.39, 0.29) is 0 Å². The quantitative estimate of drug-likeness (QED) is 0.696. The van der Waals surface area contributed by atoms with Gasteiger partial charge in [-0.25, -0.2) is 0 Å². The standard InChI is InChI=1S/C9H8ClN2S/c10-9-11-7-12(13-9)6-8-4-2-1-3-5-8/h1-5,7H,6H2/q+1. The Hall–Kier alpha value is -0.930. The van der Waals surface area contributed by atoms with Gasteiger partial charge < -0.3 is 0 Å². The van der Waals surface area contributed by atoms with E-state index in [1.54, 1.807) is 6.33 Å². The average molecular weight is 212 g/mol. The minimum Gasteiger partial charge on any atom is -0.169 e. The molecule has 0 saturated heterocycles. The topological polar surface area (TPSA) is 16.8 Å². The van der Waals surface area contributed by atoms with E-state index < -0.39 is 0 Å².